The smallest absolute Gasteiger partial charge is 0.279 e. The standard InChI is InChI=1S/C19H19N3O/c1-14(8-7-11-15-9-3-2-4-10-15)18-21-17-13-6-5-12-16(17)19(23)22(18)20/h2-7,9-14H,8,20H2,1H3/b11-7+. The molecule has 0 amide bonds. The highest BCUT2D eigenvalue weighted by Crippen LogP contribution is 2.18. The number of rotatable bonds is 4. The molecule has 0 spiro atoms. The van der Waals surface area contributed by atoms with Crippen LogP contribution in [0, 0.1) is 0 Å². The molecule has 4 nitrogen and oxygen atoms in total. The first kappa shape index (κ1) is 15.0. The van der Waals surface area contributed by atoms with Gasteiger partial charge in [-0.25, -0.2) is 9.66 Å². The molecule has 1 aromatic heterocycles. The van der Waals surface area contributed by atoms with E-state index in [-0.39, 0.29) is 11.5 Å². The fourth-order valence-electron chi connectivity index (χ4n) is 2.59. The average molecular weight is 305 g/mol. The van der Waals surface area contributed by atoms with Crippen molar-refractivity contribution in [1.82, 2.24) is 9.66 Å². The molecule has 0 aliphatic heterocycles. The molecule has 0 bridgehead atoms. The molecular formula is C19H19N3O. The van der Waals surface area contributed by atoms with Crippen molar-refractivity contribution in [2.45, 2.75) is 19.3 Å². The Kier molecular flexibility index (Phi) is 4.24. The zero-order chi connectivity index (χ0) is 16.2. The highest BCUT2D eigenvalue weighted by Gasteiger charge is 2.13. The summed E-state index contributed by atoms with van der Waals surface area (Å²) in [6.07, 6.45) is 4.91. The molecule has 2 aromatic carbocycles. The van der Waals surface area contributed by atoms with Crippen molar-refractivity contribution in [3.8, 4) is 0 Å². The monoisotopic (exact) mass is 305 g/mol. The quantitative estimate of drug-likeness (QED) is 0.752. The van der Waals surface area contributed by atoms with Gasteiger partial charge in [0.2, 0.25) is 0 Å². The molecule has 0 aliphatic carbocycles. The van der Waals surface area contributed by atoms with E-state index in [2.05, 4.69) is 17.1 Å². The fourth-order valence-corrected chi connectivity index (χ4v) is 2.59. The van der Waals surface area contributed by atoms with E-state index < -0.39 is 0 Å². The van der Waals surface area contributed by atoms with Gasteiger partial charge in [0, 0.05) is 5.92 Å². The van der Waals surface area contributed by atoms with Crippen molar-refractivity contribution in [2.24, 2.45) is 0 Å². The van der Waals surface area contributed by atoms with Gasteiger partial charge < -0.3 is 5.84 Å². The molecule has 2 N–H and O–H groups in total. The van der Waals surface area contributed by atoms with E-state index in [1.807, 2.05) is 55.5 Å². The van der Waals surface area contributed by atoms with Crippen LogP contribution < -0.4 is 11.4 Å². The topological polar surface area (TPSA) is 60.9 Å². The van der Waals surface area contributed by atoms with Crippen LogP contribution in [-0.2, 0) is 0 Å². The minimum absolute atomic E-state index is 0.0530. The summed E-state index contributed by atoms with van der Waals surface area (Å²) in [6, 6.07) is 17.4. The van der Waals surface area contributed by atoms with E-state index in [1.54, 1.807) is 6.07 Å². The molecule has 1 atom stereocenters. The van der Waals surface area contributed by atoms with Crippen molar-refractivity contribution >= 4 is 17.0 Å². The highest BCUT2D eigenvalue weighted by molar-refractivity contribution is 5.77. The first-order valence-corrected chi connectivity index (χ1v) is 7.65. The number of nitrogens with two attached hydrogens (primary N) is 1. The summed E-state index contributed by atoms with van der Waals surface area (Å²) in [5, 5.41) is 0.547. The van der Waals surface area contributed by atoms with Crippen molar-refractivity contribution < 1.29 is 0 Å². The van der Waals surface area contributed by atoms with Crippen LogP contribution in [0.5, 0.6) is 0 Å². The number of para-hydroxylation sites is 1. The molecule has 3 aromatic rings. The molecule has 0 saturated carbocycles. The molecule has 0 radical (unpaired) electrons. The van der Waals surface area contributed by atoms with Gasteiger partial charge in [0.15, 0.2) is 0 Å². The first-order chi connectivity index (χ1) is 11.2. The Morgan fingerprint density at radius 1 is 1.13 bits per heavy atom. The Labute approximate surface area is 134 Å². The van der Waals surface area contributed by atoms with Gasteiger partial charge in [-0.1, -0.05) is 61.5 Å². The number of nitrogen functional groups attached to an aromatic ring is 1. The van der Waals surface area contributed by atoms with E-state index in [9.17, 15) is 4.79 Å². The lowest BCUT2D eigenvalue weighted by atomic mass is 10.1. The van der Waals surface area contributed by atoms with Gasteiger partial charge in [-0.3, -0.25) is 4.79 Å². The third kappa shape index (κ3) is 3.16. The fraction of sp³-hybridized carbons (Fsp3) is 0.158. The van der Waals surface area contributed by atoms with Crippen LogP contribution in [-0.4, -0.2) is 9.66 Å². The van der Waals surface area contributed by atoms with Gasteiger partial charge >= 0.3 is 0 Å². The maximum Gasteiger partial charge on any atom is 0.279 e. The van der Waals surface area contributed by atoms with Gasteiger partial charge in [-0.2, -0.15) is 0 Å². The molecule has 0 aliphatic rings. The molecule has 0 fully saturated rings. The van der Waals surface area contributed by atoms with Crippen LogP contribution in [0.1, 0.15) is 30.7 Å². The van der Waals surface area contributed by atoms with E-state index >= 15 is 0 Å². The second kappa shape index (κ2) is 6.48. The Morgan fingerprint density at radius 2 is 1.83 bits per heavy atom. The number of benzene rings is 2. The van der Waals surface area contributed by atoms with E-state index in [1.165, 1.54) is 4.68 Å². The van der Waals surface area contributed by atoms with Crippen LogP contribution in [0.15, 0.2) is 65.5 Å². The van der Waals surface area contributed by atoms with E-state index in [4.69, 9.17) is 5.84 Å². The molecule has 116 valence electrons. The third-order valence-electron chi connectivity index (χ3n) is 3.88. The average Bonchev–Trinajstić information content (AvgIpc) is 2.59. The van der Waals surface area contributed by atoms with Crippen molar-refractivity contribution in [1.29, 1.82) is 0 Å². The van der Waals surface area contributed by atoms with Crippen LogP contribution >= 0.6 is 0 Å². The van der Waals surface area contributed by atoms with Gasteiger partial charge in [0.05, 0.1) is 10.9 Å². The van der Waals surface area contributed by atoms with Crippen LogP contribution in [0.4, 0.5) is 0 Å². The van der Waals surface area contributed by atoms with Crippen molar-refractivity contribution in [3.05, 3.63) is 82.4 Å². The lowest BCUT2D eigenvalue weighted by Gasteiger charge is -2.13. The van der Waals surface area contributed by atoms with Crippen molar-refractivity contribution in [2.75, 3.05) is 5.84 Å². The molecule has 1 heterocycles. The van der Waals surface area contributed by atoms with Gasteiger partial charge in [0.1, 0.15) is 5.82 Å². The summed E-state index contributed by atoms with van der Waals surface area (Å²) in [5.41, 5.74) is 1.63. The number of allylic oxidation sites excluding steroid dienone is 1. The summed E-state index contributed by atoms with van der Waals surface area (Å²) in [4.78, 5) is 16.9. The zero-order valence-electron chi connectivity index (χ0n) is 13.0. The highest BCUT2D eigenvalue weighted by atomic mass is 16.1. The Bertz CT molecular complexity index is 897. The second-order valence-corrected chi connectivity index (χ2v) is 5.61. The number of hydrogen-bond acceptors (Lipinski definition) is 3. The summed E-state index contributed by atoms with van der Waals surface area (Å²) in [7, 11) is 0. The van der Waals surface area contributed by atoms with Crippen LogP contribution in [0.3, 0.4) is 0 Å². The third-order valence-corrected chi connectivity index (χ3v) is 3.88. The molecule has 23 heavy (non-hydrogen) atoms. The van der Waals surface area contributed by atoms with Crippen LogP contribution in [0.2, 0.25) is 0 Å². The maximum atomic E-state index is 12.3. The largest absolute Gasteiger partial charge is 0.335 e. The number of aromatic nitrogens is 2. The molecule has 0 saturated heterocycles. The van der Waals surface area contributed by atoms with Gasteiger partial charge in [-0.15, -0.1) is 0 Å². The number of fused-ring (bicyclic) bond motifs is 1. The normalized spacial score (nSPS) is 12.7. The maximum absolute atomic E-state index is 12.3. The summed E-state index contributed by atoms with van der Waals surface area (Å²) < 4.78 is 1.17. The van der Waals surface area contributed by atoms with Crippen molar-refractivity contribution in [3.63, 3.8) is 0 Å². The molecular weight excluding hydrogens is 286 g/mol. The van der Waals surface area contributed by atoms with Gasteiger partial charge in [-0.05, 0) is 24.1 Å². The Hall–Kier alpha value is -2.88. The molecule has 1 unspecified atom stereocenters. The second-order valence-electron chi connectivity index (χ2n) is 5.61. The summed E-state index contributed by atoms with van der Waals surface area (Å²) in [6.45, 7) is 2.02. The molecule has 3 rings (SSSR count). The summed E-state index contributed by atoms with van der Waals surface area (Å²) in [5.74, 6) is 6.61. The van der Waals surface area contributed by atoms with E-state index in [0.29, 0.717) is 16.7 Å². The lowest BCUT2D eigenvalue weighted by Crippen LogP contribution is -2.32. The Balaban J connectivity index is 1.86. The van der Waals surface area contributed by atoms with E-state index in [0.717, 1.165) is 12.0 Å². The number of hydrogen-bond donors (Lipinski definition) is 1. The van der Waals surface area contributed by atoms with Gasteiger partial charge in [0.25, 0.3) is 5.56 Å². The zero-order valence-corrected chi connectivity index (χ0v) is 13.0. The predicted molar refractivity (Wildman–Crippen MR) is 94.7 cm³/mol. The number of nitrogens with zero attached hydrogens (tertiary/aromatic N) is 2. The van der Waals surface area contributed by atoms with Crippen LogP contribution in [0.25, 0.3) is 17.0 Å². The SMILES string of the molecule is CC(C/C=C/c1ccccc1)c1nc2ccccc2c(=O)n1N. The first-order valence-electron chi connectivity index (χ1n) is 7.65. The summed E-state index contributed by atoms with van der Waals surface area (Å²) >= 11 is 0. The minimum atomic E-state index is -0.204. The minimum Gasteiger partial charge on any atom is -0.335 e. The molecule has 4 heteroatoms. The lowest BCUT2D eigenvalue weighted by molar-refractivity contribution is 0.663. The Morgan fingerprint density at radius 3 is 2.61 bits per heavy atom. The predicted octanol–water partition coefficient (Wildman–Crippen LogP) is 3.32.